The van der Waals surface area contributed by atoms with Crippen molar-refractivity contribution in [2.75, 3.05) is 13.2 Å². The molecule has 0 aliphatic rings. The lowest BCUT2D eigenvalue weighted by molar-refractivity contribution is 0.133. The number of nitrogens with one attached hydrogen (secondary N) is 1. The highest BCUT2D eigenvalue weighted by Gasteiger charge is 2.19. The summed E-state index contributed by atoms with van der Waals surface area (Å²) in [5, 5.41) is 1.64. The SMILES string of the molecule is CCOCC(C)NS(=O)(=O)c1cccc2ccccc12. The zero-order valence-electron chi connectivity index (χ0n) is 11.7. The Morgan fingerprint density at radius 1 is 1.15 bits per heavy atom. The van der Waals surface area contributed by atoms with E-state index in [1.54, 1.807) is 19.1 Å². The average Bonchev–Trinajstić information content (AvgIpc) is 2.44. The molecule has 0 spiro atoms. The van der Waals surface area contributed by atoms with Crippen LogP contribution >= 0.6 is 0 Å². The summed E-state index contributed by atoms with van der Waals surface area (Å²) in [6, 6.07) is 12.5. The minimum Gasteiger partial charge on any atom is -0.380 e. The summed E-state index contributed by atoms with van der Waals surface area (Å²) in [5.41, 5.74) is 0. The second-order valence-electron chi connectivity index (χ2n) is 4.66. The highest BCUT2D eigenvalue weighted by molar-refractivity contribution is 7.89. The van der Waals surface area contributed by atoms with Crippen LogP contribution in [0.2, 0.25) is 0 Å². The van der Waals surface area contributed by atoms with Crippen molar-refractivity contribution < 1.29 is 13.2 Å². The Bertz CT molecular complexity index is 677. The molecule has 0 heterocycles. The van der Waals surface area contributed by atoms with E-state index in [9.17, 15) is 8.42 Å². The molecule has 2 rings (SSSR count). The largest absolute Gasteiger partial charge is 0.380 e. The standard InChI is InChI=1S/C15H19NO3S/c1-3-19-11-12(2)16-20(17,18)15-10-6-8-13-7-4-5-9-14(13)15/h4-10,12,16H,3,11H2,1-2H3. The van der Waals surface area contributed by atoms with E-state index in [-0.39, 0.29) is 6.04 Å². The Morgan fingerprint density at radius 3 is 2.60 bits per heavy atom. The second-order valence-corrected chi connectivity index (χ2v) is 6.34. The normalized spacial score (nSPS) is 13.5. The highest BCUT2D eigenvalue weighted by atomic mass is 32.2. The Morgan fingerprint density at radius 2 is 1.85 bits per heavy atom. The molecule has 1 atom stereocenters. The van der Waals surface area contributed by atoms with Gasteiger partial charge in [0.15, 0.2) is 0 Å². The number of sulfonamides is 1. The maximum atomic E-state index is 12.5. The van der Waals surface area contributed by atoms with Gasteiger partial charge in [-0.3, -0.25) is 0 Å². The van der Waals surface area contributed by atoms with E-state index >= 15 is 0 Å². The van der Waals surface area contributed by atoms with Crippen LogP contribution in [-0.2, 0) is 14.8 Å². The molecule has 0 aromatic heterocycles. The van der Waals surface area contributed by atoms with Crippen LogP contribution in [0.15, 0.2) is 47.4 Å². The fourth-order valence-corrected chi connectivity index (χ4v) is 3.54. The molecular weight excluding hydrogens is 274 g/mol. The number of rotatable bonds is 6. The van der Waals surface area contributed by atoms with Crippen molar-refractivity contribution in [3.05, 3.63) is 42.5 Å². The Hall–Kier alpha value is -1.43. The first-order valence-corrected chi connectivity index (χ1v) is 8.10. The minimum atomic E-state index is -3.55. The molecule has 2 aromatic rings. The highest BCUT2D eigenvalue weighted by Crippen LogP contribution is 2.22. The van der Waals surface area contributed by atoms with Crippen molar-refractivity contribution in [3.63, 3.8) is 0 Å². The van der Waals surface area contributed by atoms with E-state index < -0.39 is 10.0 Å². The molecule has 0 aliphatic heterocycles. The van der Waals surface area contributed by atoms with Gasteiger partial charge in [-0.1, -0.05) is 36.4 Å². The Labute approximate surface area is 119 Å². The third-order valence-corrected chi connectivity index (χ3v) is 4.62. The van der Waals surface area contributed by atoms with E-state index in [0.717, 1.165) is 10.8 Å². The topological polar surface area (TPSA) is 55.4 Å². The zero-order valence-corrected chi connectivity index (χ0v) is 12.5. The van der Waals surface area contributed by atoms with Gasteiger partial charge in [-0.15, -0.1) is 0 Å². The van der Waals surface area contributed by atoms with Gasteiger partial charge in [0.25, 0.3) is 0 Å². The minimum absolute atomic E-state index is 0.265. The van der Waals surface area contributed by atoms with E-state index in [4.69, 9.17) is 4.74 Å². The predicted octanol–water partition coefficient (Wildman–Crippen LogP) is 2.54. The van der Waals surface area contributed by atoms with Crippen molar-refractivity contribution in [3.8, 4) is 0 Å². The lowest BCUT2D eigenvalue weighted by atomic mass is 10.1. The van der Waals surface area contributed by atoms with Crippen LogP contribution in [-0.4, -0.2) is 27.7 Å². The first-order chi connectivity index (χ1) is 9.54. The van der Waals surface area contributed by atoms with Gasteiger partial charge in [0.1, 0.15) is 0 Å². The summed E-state index contributed by atoms with van der Waals surface area (Å²) in [6.07, 6.45) is 0. The van der Waals surface area contributed by atoms with E-state index in [0.29, 0.717) is 18.1 Å². The first kappa shape index (κ1) is 15.0. The molecule has 20 heavy (non-hydrogen) atoms. The summed E-state index contributed by atoms with van der Waals surface area (Å²) >= 11 is 0. The maximum absolute atomic E-state index is 12.5. The number of fused-ring (bicyclic) bond motifs is 1. The molecule has 2 aromatic carbocycles. The van der Waals surface area contributed by atoms with Gasteiger partial charge >= 0.3 is 0 Å². The van der Waals surface area contributed by atoms with Gasteiger partial charge in [-0.2, -0.15) is 0 Å². The van der Waals surface area contributed by atoms with Crippen molar-refractivity contribution in [1.29, 1.82) is 0 Å². The smallest absolute Gasteiger partial charge is 0.241 e. The Kier molecular flexibility index (Phi) is 4.75. The maximum Gasteiger partial charge on any atom is 0.241 e. The molecule has 5 heteroatoms. The zero-order chi connectivity index (χ0) is 14.6. The van der Waals surface area contributed by atoms with Crippen molar-refractivity contribution in [1.82, 2.24) is 4.72 Å². The predicted molar refractivity (Wildman–Crippen MR) is 80.2 cm³/mol. The van der Waals surface area contributed by atoms with Gasteiger partial charge in [0.2, 0.25) is 10.0 Å². The van der Waals surface area contributed by atoms with Gasteiger partial charge in [-0.25, -0.2) is 13.1 Å². The van der Waals surface area contributed by atoms with E-state index in [2.05, 4.69) is 4.72 Å². The molecule has 0 radical (unpaired) electrons. The van der Waals surface area contributed by atoms with Gasteiger partial charge in [0, 0.05) is 18.0 Å². The fraction of sp³-hybridized carbons (Fsp3) is 0.333. The number of ether oxygens (including phenoxy) is 1. The summed E-state index contributed by atoms with van der Waals surface area (Å²) in [4.78, 5) is 0.305. The number of hydrogen-bond donors (Lipinski definition) is 1. The molecule has 0 amide bonds. The van der Waals surface area contributed by atoms with Crippen LogP contribution < -0.4 is 4.72 Å². The van der Waals surface area contributed by atoms with Crippen molar-refractivity contribution in [2.24, 2.45) is 0 Å². The molecule has 0 bridgehead atoms. The number of benzene rings is 2. The third-order valence-electron chi connectivity index (χ3n) is 2.97. The van der Waals surface area contributed by atoms with Crippen molar-refractivity contribution >= 4 is 20.8 Å². The average molecular weight is 293 g/mol. The fourth-order valence-electron chi connectivity index (χ4n) is 2.09. The van der Waals surface area contributed by atoms with E-state index in [1.165, 1.54) is 0 Å². The third kappa shape index (κ3) is 3.36. The first-order valence-electron chi connectivity index (χ1n) is 6.62. The molecule has 0 aliphatic carbocycles. The molecule has 0 saturated heterocycles. The Balaban J connectivity index is 2.32. The quantitative estimate of drug-likeness (QED) is 0.890. The molecule has 1 unspecified atom stereocenters. The van der Waals surface area contributed by atoms with Crippen LogP contribution in [0.5, 0.6) is 0 Å². The summed E-state index contributed by atoms with van der Waals surface area (Å²) < 4.78 is 32.8. The van der Waals surface area contributed by atoms with Crippen molar-refractivity contribution in [2.45, 2.75) is 24.8 Å². The van der Waals surface area contributed by atoms with Crippen LogP contribution in [0.4, 0.5) is 0 Å². The van der Waals surface area contributed by atoms with Gasteiger partial charge < -0.3 is 4.74 Å². The molecule has 4 nitrogen and oxygen atoms in total. The van der Waals surface area contributed by atoms with Crippen LogP contribution in [0.25, 0.3) is 10.8 Å². The number of hydrogen-bond acceptors (Lipinski definition) is 3. The second kappa shape index (κ2) is 6.35. The van der Waals surface area contributed by atoms with E-state index in [1.807, 2.05) is 37.3 Å². The van der Waals surface area contributed by atoms with Crippen LogP contribution in [0.1, 0.15) is 13.8 Å². The van der Waals surface area contributed by atoms with Gasteiger partial charge in [0.05, 0.1) is 11.5 Å². The van der Waals surface area contributed by atoms with Crippen LogP contribution in [0, 0.1) is 0 Å². The molecule has 1 N–H and O–H groups in total. The summed E-state index contributed by atoms with van der Waals surface area (Å²) in [5.74, 6) is 0. The molecule has 108 valence electrons. The lowest BCUT2D eigenvalue weighted by Gasteiger charge is -2.15. The molecular formula is C15H19NO3S. The monoisotopic (exact) mass is 293 g/mol. The summed E-state index contributed by atoms with van der Waals surface area (Å²) in [7, 11) is -3.55. The molecule has 0 fully saturated rings. The lowest BCUT2D eigenvalue weighted by Crippen LogP contribution is -2.36. The van der Waals surface area contributed by atoms with Gasteiger partial charge in [-0.05, 0) is 25.3 Å². The molecule has 0 saturated carbocycles. The van der Waals surface area contributed by atoms with Crippen LogP contribution in [0.3, 0.4) is 0 Å². The summed E-state index contributed by atoms with van der Waals surface area (Å²) in [6.45, 7) is 4.60.